The number of nitrogens with zero attached hydrogens (tertiary/aromatic N) is 2. The second-order valence-electron chi connectivity index (χ2n) is 5.35. The summed E-state index contributed by atoms with van der Waals surface area (Å²) in [5.74, 6) is 0.442. The largest absolute Gasteiger partial charge is 0.349 e. The minimum absolute atomic E-state index is 0.0292. The van der Waals surface area contributed by atoms with Gasteiger partial charge in [-0.15, -0.1) is 0 Å². The van der Waals surface area contributed by atoms with E-state index in [1.54, 1.807) is 18.3 Å². The molecule has 0 spiro atoms. The average Bonchev–Trinajstić information content (AvgIpc) is 2.42. The number of rotatable bonds is 3. The number of aromatic nitrogens is 1. The Morgan fingerprint density at radius 3 is 3.11 bits per heavy atom. The molecule has 1 amide bonds. The fourth-order valence-corrected chi connectivity index (χ4v) is 2.55. The zero-order valence-corrected chi connectivity index (χ0v) is 11.6. The SMILES string of the molecule is CC1CN(C)CCC1NC(=O)c1ccnc(CN)c1. The molecule has 1 aromatic rings. The van der Waals surface area contributed by atoms with Gasteiger partial charge < -0.3 is 16.0 Å². The van der Waals surface area contributed by atoms with Crippen molar-refractivity contribution in [2.75, 3.05) is 20.1 Å². The fraction of sp³-hybridized carbons (Fsp3) is 0.571. The third-order valence-corrected chi connectivity index (χ3v) is 3.71. The molecule has 5 nitrogen and oxygen atoms in total. The van der Waals surface area contributed by atoms with Crippen molar-refractivity contribution in [1.82, 2.24) is 15.2 Å². The van der Waals surface area contributed by atoms with Crippen LogP contribution in [0.25, 0.3) is 0 Å². The van der Waals surface area contributed by atoms with Gasteiger partial charge in [0, 0.05) is 30.9 Å². The van der Waals surface area contributed by atoms with Crippen LogP contribution < -0.4 is 11.1 Å². The Balaban J connectivity index is 2.00. The molecule has 0 aromatic carbocycles. The van der Waals surface area contributed by atoms with Crippen LogP contribution in [0.3, 0.4) is 0 Å². The number of pyridine rings is 1. The van der Waals surface area contributed by atoms with Gasteiger partial charge in [-0.05, 0) is 38.1 Å². The first-order valence-corrected chi connectivity index (χ1v) is 6.74. The van der Waals surface area contributed by atoms with Gasteiger partial charge in [-0.25, -0.2) is 0 Å². The summed E-state index contributed by atoms with van der Waals surface area (Å²) in [5.41, 5.74) is 6.92. The first-order valence-electron chi connectivity index (χ1n) is 6.74. The molecule has 1 aromatic heterocycles. The van der Waals surface area contributed by atoms with Crippen LogP contribution in [-0.4, -0.2) is 42.0 Å². The van der Waals surface area contributed by atoms with Gasteiger partial charge in [-0.2, -0.15) is 0 Å². The van der Waals surface area contributed by atoms with E-state index >= 15 is 0 Å². The van der Waals surface area contributed by atoms with Crippen molar-refractivity contribution >= 4 is 5.91 Å². The van der Waals surface area contributed by atoms with Gasteiger partial charge in [0.05, 0.1) is 5.69 Å². The molecule has 3 N–H and O–H groups in total. The molecule has 1 aliphatic heterocycles. The first-order chi connectivity index (χ1) is 9.10. The summed E-state index contributed by atoms with van der Waals surface area (Å²) in [6, 6.07) is 3.74. The second kappa shape index (κ2) is 6.12. The molecule has 2 rings (SSSR count). The van der Waals surface area contributed by atoms with Crippen LogP contribution in [-0.2, 0) is 6.54 Å². The van der Waals surface area contributed by atoms with Gasteiger partial charge in [-0.1, -0.05) is 6.92 Å². The third-order valence-electron chi connectivity index (χ3n) is 3.71. The normalized spacial score (nSPS) is 24.2. The lowest BCUT2D eigenvalue weighted by Gasteiger charge is -2.35. The average molecular weight is 262 g/mol. The van der Waals surface area contributed by atoms with E-state index in [0.717, 1.165) is 25.2 Å². The van der Waals surface area contributed by atoms with Crippen LogP contribution in [0.1, 0.15) is 29.4 Å². The van der Waals surface area contributed by atoms with Crippen LogP contribution >= 0.6 is 0 Å². The van der Waals surface area contributed by atoms with Crippen molar-refractivity contribution in [3.63, 3.8) is 0 Å². The number of carbonyl (C=O) groups excluding carboxylic acids is 1. The van der Waals surface area contributed by atoms with Crippen molar-refractivity contribution in [1.29, 1.82) is 0 Å². The monoisotopic (exact) mass is 262 g/mol. The Morgan fingerprint density at radius 2 is 2.42 bits per heavy atom. The van der Waals surface area contributed by atoms with Crippen molar-refractivity contribution in [2.45, 2.75) is 25.9 Å². The van der Waals surface area contributed by atoms with Crippen LogP contribution in [0.15, 0.2) is 18.3 Å². The van der Waals surface area contributed by atoms with Crippen molar-refractivity contribution in [3.05, 3.63) is 29.6 Å². The molecule has 0 aliphatic carbocycles. The molecular weight excluding hydrogens is 240 g/mol. The molecule has 2 unspecified atom stereocenters. The maximum atomic E-state index is 12.2. The Kier molecular flexibility index (Phi) is 4.50. The van der Waals surface area contributed by atoms with Gasteiger partial charge in [0.2, 0.25) is 0 Å². The number of carbonyl (C=O) groups is 1. The standard InChI is InChI=1S/C14H22N4O/c1-10-9-18(2)6-4-13(10)17-14(19)11-3-5-16-12(7-11)8-15/h3,5,7,10,13H,4,6,8-9,15H2,1-2H3,(H,17,19). The van der Waals surface area contributed by atoms with Crippen LogP contribution in [0.2, 0.25) is 0 Å². The maximum Gasteiger partial charge on any atom is 0.251 e. The smallest absolute Gasteiger partial charge is 0.251 e. The lowest BCUT2D eigenvalue weighted by atomic mass is 9.94. The maximum absolute atomic E-state index is 12.2. The zero-order valence-electron chi connectivity index (χ0n) is 11.6. The van der Waals surface area contributed by atoms with Gasteiger partial charge in [-0.3, -0.25) is 9.78 Å². The molecular formula is C14H22N4O. The zero-order chi connectivity index (χ0) is 13.8. The van der Waals surface area contributed by atoms with E-state index < -0.39 is 0 Å². The van der Waals surface area contributed by atoms with Crippen molar-refractivity contribution < 1.29 is 4.79 Å². The number of nitrogens with two attached hydrogens (primary N) is 1. The highest BCUT2D eigenvalue weighted by Crippen LogP contribution is 2.16. The van der Waals surface area contributed by atoms with Crippen LogP contribution in [0.4, 0.5) is 0 Å². The molecule has 1 saturated heterocycles. The first kappa shape index (κ1) is 14.0. The Labute approximate surface area is 114 Å². The quantitative estimate of drug-likeness (QED) is 0.837. The summed E-state index contributed by atoms with van der Waals surface area (Å²) >= 11 is 0. The van der Waals surface area contributed by atoms with Gasteiger partial charge in [0.1, 0.15) is 0 Å². The predicted octanol–water partition coefficient (Wildman–Crippen LogP) is 0.610. The Bertz CT molecular complexity index is 449. The number of hydrogen-bond acceptors (Lipinski definition) is 4. The summed E-state index contributed by atoms with van der Waals surface area (Å²) in [6.45, 7) is 4.58. The van der Waals surface area contributed by atoms with E-state index in [0.29, 0.717) is 18.0 Å². The molecule has 0 saturated carbocycles. The minimum atomic E-state index is -0.0292. The Morgan fingerprint density at radius 1 is 1.63 bits per heavy atom. The number of hydrogen-bond donors (Lipinski definition) is 2. The molecule has 1 fully saturated rings. The highest BCUT2D eigenvalue weighted by Gasteiger charge is 2.25. The van der Waals surface area contributed by atoms with E-state index in [2.05, 4.69) is 29.2 Å². The number of piperidine rings is 1. The highest BCUT2D eigenvalue weighted by atomic mass is 16.1. The van der Waals surface area contributed by atoms with E-state index in [9.17, 15) is 4.79 Å². The van der Waals surface area contributed by atoms with Crippen molar-refractivity contribution in [3.8, 4) is 0 Å². The summed E-state index contributed by atoms with van der Waals surface area (Å²) in [7, 11) is 2.12. The minimum Gasteiger partial charge on any atom is -0.349 e. The van der Waals surface area contributed by atoms with Crippen LogP contribution in [0, 0.1) is 5.92 Å². The fourth-order valence-electron chi connectivity index (χ4n) is 2.55. The molecule has 104 valence electrons. The Hall–Kier alpha value is -1.46. The topological polar surface area (TPSA) is 71.2 Å². The number of nitrogens with one attached hydrogen (secondary N) is 1. The number of likely N-dealkylation sites (tertiary alicyclic amines) is 1. The van der Waals surface area contributed by atoms with Gasteiger partial charge >= 0.3 is 0 Å². The van der Waals surface area contributed by atoms with Gasteiger partial charge in [0.25, 0.3) is 5.91 Å². The molecule has 2 heterocycles. The highest BCUT2D eigenvalue weighted by molar-refractivity contribution is 5.94. The summed E-state index contributed by atoms with van der Waals surface area (Å²) in [4.78, 5) is 18.6. The molecule has 1 aliphatic rings. The molecule has 0 radical (unpaired) electrons. The van der Waals surface area contributed by atoms with E-state index in [1.165, 1.54) is 0 Å². The molecule has 19 heavy (non-hydrogen) atoms. The lowest BCUT2D eigenvalue weighted by Crippen LogP contribution is -2.48. The van der Waals surface area contributed by atoms with E-state index in [-0.39, 0.29) is 11.9 Å². The summed E-state index contributed by atoms with van der Waals surface area (Å²) in [5, 5.41) is 3.12. The molecule has 0 bridgehead atoms. The number of amides is 1. The van der Waals surface area contributed by atoms with E-state index in [4.69, 9.17) is 5.73 Å². The lowest BCUT2D eigenvalue weighted by molar-refractivity contribution is 0.0883. The molecule has 5 heteroatoms. The van der Waals surface area contributed by atoms with Crippen molar-refractivity contribution in [2.24, 2.45) is 11.7 Å². The predicted molar refractivity (Wildman–Crippen MR) is 74.7 cm³/mol. The van der Waals surface area contributed by atoms with Crippen LogP contribution in [0.5, 0.6) is 0 Å². The summed E-state index contributed by atoms with van der Waals surface area (Å²) < 4.78 is 0. The second-order valence-corrected chi connectivity index (χ2v) is 5.35. The van der Waals surface area contributed by atoms with Gasteiger partial charge in [0.15, 0.2) is 0 Å². The third kappa shape index (κ3) is 3.52. The van der Waals surface area contributed by atoms with E-state index in [1.807, 2.05) is 0 Å². The summed E-state index contributed by atoms with van der Waals surface area (Å²) in [6.07, 6.45) is 2.63. The molecule has 2 atom stereocenters.